The SMILES string of the molecule is CCn1cnnc1C1CN(C2CCCC2)CCO1. The predicted octanol–water partition coefficient (Wildman–Crippen LogP) is 1.61. The second-order valence-electron chi connectivity index (χ2n) is 5.27. The molecule has 5 heteroatoms. The molecule has 18 heavy (non-hydrogen) atoms. The molecule has 3 rings (SSSR count). The Hall–Kier alpha value is -0.940. The summed E-state index contributed by atoms with van der Waals surface area (Å²) >= 11 is 0. The van der Waals surface area contributed by atoms with Crippen LogP contribution in [0.4, 0.5) is 0 Å². The smallest absolute Gasteiger partial charge is 0.163 e. The van der Waals surface area contributed by atoms with Crippen molar-refractivity contribution in [2.75, 3.05) is 19.7 Å². The van der Waals surface area contributed by atoms with Gasteiger partial charge in [0.05, 0.1) is 6.61 Å². The highest BCUT2D eigenvalue weighted by atomic mass is 16.5. The number of hydrogen-bond donors (Lipinski definition) is 0. The summed E-state index contributed by atoms with van der Waals surface area (Å²) in [4.78, 5) is 2.59. The number of morpholine rings is 1. The number of ether oxygens (including phenoxy) is 1. The molecule has 1 aromatic heterocycles. The van der Waals surface area contributed by atoms with Crippen LogP contribution >= 0.6 is 0 Å². The van der Waals surface area contributed by atoms with Crippen LogP contribution in [-0.4, -0.2) is 45.4 Å². The number of aryl methyl sites for hydroxylation is 1. The van der Waals surface area contributed by atoms with E-state index in [1.165, 1.54) is 25.7 Å². The third-order valence-electron chi connectivity index (χ3n) is 4.21. The largest absolute Gasteiger partial charge is 0.368 e. The Morgan fingerprint density at radius 1 is 1.39 bits per heavy atom. The molecule has 2 heterocycles. The van der Waals surface area contributed by atoms with E-state index in [1.54, 1.807) is 6.33 Å². The van der Waals surface area contributed by atoms with E-state index in [9.17, 15) is 0 Å². The molecule has 1 aliphatic heterocycles. The lowest BCUT2D eigenvalue weighted by Crippen LogP contribution is -2.44. The molecule has 5 nitrogen and oxygen atoms in total. The van der Waals surface area contributed by atoms with Gasteiger partial charge in [-0.3, -0.25) is 4.90 Å². The van der Waals surface area contributed by atoms with Crippen molar-refractivity contribution in [3.05, 3.63) is 12.2 Å². The molecule has 2 fully saturated rings. The number of aromatic nitrogens is 3. The monoisotopic (exact) mass is 250 g/mol. The molecule has 0 radical (unpaired) electrons. The van der Waals surface area contributed by atoms with Gasteiger partial charge in [0, 0.05) is 25.7 Å². The minimum Gasteiger partial charge on any atom is -0.368 e. The number of rotatable bonds is 3. The third kappa shape index (κ3) is 2.29. The molecule has 2 aliphatic rings. The topological polar surface area (TPSA) is 43.2 Å². The summed E-state index contributed by atoms with van der Waals surface area (Å²) in [5.41, 5.74) is 0. The van der Waals surface area contributed by atoms with Crippen LogP contribution < -0.4 is 0 Å². The zero-order chi connectivity index (χ0) is 12.4. The highest BCUT2D eigenvalue weighted by Crippen LogP contribution is 2.28. The molecule has 1 atom stereocenters. The fourth-order valence-corrected chi connectivity index (χ4v) is 3.18. The zero-order valence-electron chi connectivity index (χ0n) is 11.1. The Morgan fingerprint density at radius 3 is 3.00 bits per heavy atom. The summed E-state index contributed by atoms with van der Waals surface area (Å²) in [6, 6.07) is 0.773. The van der Waals surface area contributed by atoms with E-state index in [0.29, 0.717) is 0 Å². The quantitative estimate of drug-likeness (QED) is 0.817. The van der Waals surface area contributed by atoms with Crippen molar-refractivity contribution >= 4 is 0 Å². The molecular formula is C13H22N4O. The van der Waals surface area contributed by atoms with Crippen LogP contribution in [0.15, 0.2) is 6.33 Å². The normalized spacial score (nSPS) is 26.8. The van der Waals surface area contributed by atoms with E-state index in [4.69, 9.17) is 4.74 Å². The maximum absolute atomic E-state index is 5.89. The minimum absolute atomic E-state index is 0.0989. The van der Waals surface area contributed by atoms with Crippen LogP contribution in [-0.2, 0) is 11.3 Å². The fourth-order valence-electron chi connectivity index (χ4n) is 3.18. The molecule has 0 aromatic carbocycles. The van der Waals surface area contributed by atoms with E-state index in [2.05, 4.69) is 26.6 Å². The molecule has 0 N–H and O–H groups in total. The van der Waals surface area contributed by atoms with E-state index in [-0.39, 0.29) is 6.10 Å². The predicted molar refractivity (Wildman–Crippen MR) is 68.2 cm³/mol. The van der Waals surface area contributed by atoms with Crippen LogP contribution in [0.3, 0.4) is 0 Å². The number of hydrogen-bond acceptors (Lipinski definition) is 4. The fraction of sp³-hybridized carbons (Fsp3) is 0.846. The number of nitrogens with zero attached hydrogens (tertiary/aromatic N) is 4. The van der Waals surface area contributed by atoms with Crippen molar-refractivity contribution in [1.29, 1.82) is 0 Å². The van der Waals surface area contributed by atoms with Crippen LogP contribution in [0.2, 0.25) is 0 Å². The molecule has 1 saturated carbocycles. The van der Waals surface area contributed by atoms with Gasteiger partial charge in [0.1, 0.15) is 12.4 Å². The molecule has 1 unspecified atom stereocenters. The lowest BCUT2D eigenvalue weighted by molar-refractivity contribution is -0.0495. The van der Waals surface area contributed by atoms with Gasteiger partial charge in [0.25, 0.3) is 0 Å². The van der Waals surface area contributed by atoms with Crippen molar-refractivity contribution < 1.29 is 4.74 Å². The first-order chi connectivity index (χ1) is 8.88. The maximum atomic E-state index is 5.89. The first-order valence-corrected chi connectivity index (χ1v) is 7.12. The Kier molecular flexibility index (Phi) is 3.61. The molecule has 0 spiro atoms. The second-order valence-corrected chi connectivity index (χ2v) is 5.27. The Balaban J connectivity index is 1.69. The molecule has 1 aliphatic carbocycles. The molecule has 0 bridgehead atoms. The molecule has 100 valence electrons. The van der Waals surface area contributed by atoms with E-state index >= 15 is 0 Å². The summed E-state index contributed by atoms with van der Waals surface area (Å²) in [6.07, 6.45) is 7.38. The van der Waals surface area contributed by atoms with Crippen molar-refractivity contribution in [2.45, 2.75) is 51.3 Å². The molecule has 0 amide bonds. The summed E-state index contributed by atoms with van der Waals surface area (Å²) in [7, 11) is 0. The van der Waals surface area contributed by atoms with Crippen molar-refractivity contribution in [1.82, 2.24) is 19.7 Å². The summed E-state index contributed by atoms with van der Waals surface area (Å²) in [6.45, 7) is 5.89. The van der Waals surface area contributed by atoms with Crippen LogP contribution in [0.25, 0.3) is 0 Å². The Labute approximate surface area is 108 Å². The van der Waals surface area contributed by atoms with E-state index < -0.39 is 0 Å². The van der Waals surface area contributed by atoms with Gasteiger partial charge in [0.2, 0.25) is 0 Å². The van der Waals surface area contributed by atoms with Gasteiger partial charge in [-0.2, -0.15) is 0 Å². The van der Waals surface area contributed by atoms with Crippen LogP contribution in [0, 0.1) is 0 Å². The van der Waals surface area contributed by atoms with Gasteiger partial charge in [-0.1, -0.05) is 12.8 Å². The van der Waals surface area contributed by atoms with Crippen molar-refractivity contribution in [3.63, 3.8) is 0 Å². The van der Waals surface area contributed by atoms with Gasteiger partial charge in [-0.15, -0.1) is 10.2 Å². The first-order valence-electron chi connectivity index (χ1n) is 7.12. The van der Waals surface area contributed by atoms with E-state index in [1.807, 2.05) is 0 Å². The summed E-state index contributed by atoms with van der Waals surface area (Å²) < 4.78 is 7.98. The van der Waals surface area contributed by atoms with Crippen molar-refractivity contribution in [3.8, 4) is 0 Å². The average molecular weight is 250 g/mol. The third-order valence-corrected chi connectivity index (χ3v) is 4.21. The Morgan fingerprint density at radius 2 is 2.22 bits per heavy atom. The van der Waals surface area contributed by atoms with Gasteiger partial charge in [0.15, 0.2) is 5.82 Å². The van der Waals surface area contributed by atoms with Gasteiger partial charge >= 0.3 is 0 Å². The zero-order valence-corrected chi connectivity index (χ0v) is 11.1. The van der Waals surface area contributed by atoms with E-state index in [0.717, 1.165) is 38.1 Å². The highest BCUT2D eigenvalue weighted by Gasteiger charge is 2.31. The molecule has 1 aromatic rings. The summed E-state index contributed by atoms with van der Waals surface area (Å²) in [5, 5.41) is 8.24. The van der Waals surface area contributed by atoms with Crippen LogP contribution in [0.5, 0.6) is 0 Å². The standard InChI is InChI=1S/C13H22N4O/c1-2-16-10-14-15-13(16)12-9-17(7-8-18-12)11-5-3-4-6-11/h10-12H,2-9H2,1H3. The maximum Gasteiger partial charge on any atom is 0.163 e. The lowest BCUT2D eigenvalue weighted by Gasteiger charge is -2.36. The highest BCUT2D eigenvalue weighted by molar-refractivity contribution is 4.96. The minimum atomic E-state index is 0.0989. The first kappa shape index (κ1) is 12.1. The summed E-state index contributed by atoms with van der Waals surface area (Å²) in [5.74, 6) is 0.986. The van der Waals surface area contributed by atoms with Gasteiger partial charge in [-0.25, -0.2) is 0 Å². The lowest BCUT2D eigenvalue weighted by atomic mass is 10.1. The van der Waals surface area contributed by atoms with Gasteiger partial charge in [-0.05, 0) is 19.8 Å². The van der Waals surface area contributed by atoms with Gasteiger partial charge < -0.3 is 9.30 Å². The second kappa shape index (κ2) is 5.36. The average Bonchev–Trinajstić information content (AvgIpc) is 3.10. The molecule has 1 saturated heterocycles. The van der Waals surface area contributed by atoms with Crippen molar-refractivity contribution in [2.24, 2.45) is 0 Å². The molecular weight excluding hydrogens is 228 g/mol. The van der Waals surface area contributed by atoms with Crippen LogP contribution in [0.1, 0.15) is 44.5 Å². The Bertz CT molecular complexity index is 386.